The molecule has 0 spiro atoms. The summed E-state index contributed by atoms with van der Waals surface area (Å²) in [6.07, 6.45) is 0. The Balaban J connectivity index is 0.00000364. The minimum Gasteiger partial charge on any atom is -0.352 e. The van der Waals surface area contributed by atoms with Gasteiger partial charge in [0.1, 0.15) is 0 Å². The first-order valence-electron chi connectivity index (χ1n) is 8.91. The quantitative estimate of drug-likeness (QED) is 0.337. The van der Waals surface area contributed by atoms with Gasteiger partial charge in [0.25, 0.3) is 5.91 Å². The van der Waals surface area contributed by atoms with Gasteiger partial charge in [-0.2, -0.15) is 0 Å². The summed E-state index contributed by atoms with van der Waals surface area (Å²) in [7, 11) is 1.76. The van der Waals surface area contributed by atoms with Crippen LogP contribution in [0.4, 0.5) is 0 Å². The Morgan fingerprint density at radius 1 is 0.963 bits per heavy atom. The number of aryl methyl sites for hydroxylation is 2. The average molecular weight is 480 g/mol. The van der Waals surface area contributed by atoms with Gasteiger partial charge in [-0.15, -0.1) is 24.0 Å². The number of carbonyl (C=O) groups is 1. The molecule has 2 aromatic carbocycles. The van der Waals surface area contributed by atoms with Crippen LogP contribution in [0.5, 0.6) is 0 Å². The number of nitrogens with one attached hydrogen (secondary N) is 3. The minimum atomic E-state index is -0.0436. The molecule has 0 saturated carbocycles. The molecule has 6 heteroatoms. The van der Waals surface area contributed by atoms with Crippen molar-refractivity contribution in [2.24, 2.45) is 4.99 Å². The van der Waals surface area contributed by atoms with E-state index in [0.717, 1.165) is 18.1 Å². The summed E-state index contributed by atoms with van der Waals surface area (Å²) >= 11 is 0. The van der Waals surface area contributed by atoms with E-state index in [1.54, 1.807) is 7.05 Å². The molecule has 3 N–H and O–H groups in total. The molecule has 0 aliphatic heterocycles. The number of hydrogen-bond acceptors (Lipinski definition) is 2. The van der Waals surface area contributed by atoms with Gasteiger partial charge in [-0.25, -0.2) is 0 Å². The Bertz CT molecular complexity index is 772. The molecule has 0 radical (unpaired) electrons. The maximum atomic E-state index is 11.8. The highest BCUT2D eigenvalue weighted by Crippen LogP contribution is 2.10. The number of aliphatic imine (C=N–C) groups is 1. The molecule has 27 heavy (non-hydrogen) atoms. The number of carbonyl (C=O) groups excluding carboxylic acids is 1. The summed E-state index contributed by atoms with van der Waals surface area (Å²) < 4.78 is 0. The van der Waals surface area contributed by atoms with E-state index in [4.69, 9.17) is 0 Å². The van der Waals surface area contributed by atoms with Crippen molar-refractivity contribution in [3.05, 3.63) is 70.3 Å². The maximum absolute atomic E-state index is 11.8. The lowest BCUT2D eigenvalue weighted by Crippen LogP contribution is -2.36. The molecular weight excluding hydrogens is 451 g/mol. The van der Waals surface area contributed by atoms with Crippen molar-refractivity contribution in [3.8, 4) is 0 Å². The van der Waals surface area contributed by atoms with Gasteiger partial charge in [-0.05, 0) is 49.6 Å². The molecule has 0 aromatic heterocycles. The number of nitrogens with zero attached hydrogens (tertiary/aromatic N) is 1. The van der Waals surface area contributed by atoms with Crippen LogP contribution in [0.2, 0.25) is 0 Å². The second-order valence-corrected chi connectivity index (χ2v) is 6.27. The average Bonchev–Trinajstić information content (AvgIpc) is 2.64. The fourth-order valence-corrected chi connectivity index (χ4v) is 2.67. The number of hydrogen-bond donors (Lipinski definition) is 3. The number of rotatable bonds is 6. The van der Waals surface area contributed by atoms with Crippen molar-refractivity contribution in [3.63, 3.8) is 0 Å². The van der Waals surface area contributed by atoms with Crippen LogP contribution in [0.3, 0.4) is 0 Å². The molecule has 0 fully saturated rings. The van der Waals surface area contributed by atoms with E-state index >= 15 is 0 Å². The largest absolute Gasteiger partial charge is 0.352 e. The summed E-state index contributed by atoms with van der Waals surface area (Å²) in [4.78, 5) is 16.0. The van der Waals surface area contributed by atoms with Gasteiger partial charge >= 0.3 is 0 Å². The van der Waals surface area contributed by atoms with Gasteiger partial charge in [-0.3, -0.25) is 9.79 Å². The fraction of sp³-hybridized carbons (Fsp3) is 0.333. The Morgan fingerprint density at radius 2 is 1.63 bits per heavy atom. The van der Waals surface area contributed by atoms with Crippen LogP contribution in [0.25, 0.3) is 0 Å². The summed E-state index contributed by atoms with van der Waals surface area (Å²) in [5.41, 5.74) is 5.56. The summed E-state index contributed by atoms with van der Waals surface area (Å²) in [6, 6.07) is 14.0. The highest BCUT2D eigenvalue weighted by atomic mass is 127. The van der Waals surface area contributed by atoms with E-state index in [2.05, 4.69) is 53.0 Å². The van der Waals surface area contributed by atoms with Crippen LogP contribution in [0.1, 0.15) is 39.5 Å². The Labute approximate surface area is 179 Å². The predicted molar refractivity (Wildman–Crippen MR) is 123 cm³/mol. The predicted octanol–water partition coefficient (Wildman–Crippen LogP) is 3.54. The fourth-order valence-electron chi connectivity index (χ4n) is 2.67. The van der Waals surface area contributed by atoms with Crippen LogP contribution >= 0.6 is 24.0 Å². The molecule has 146 valence electrons. The number of halogens is 1. The minimum absolute atomic E-state index is 0. The zero-order valence-corrected chi connectivity index (χ0v) is 18.8. The Morgan fingerprint density at radius 3 is 2.22 bits per heavy atom. The molecule has 0 bridgehead atoms. The van der Waals surface area contributed by atoms with E-state index in [1.807, 2.05) is 31.2 Å². The third-order valence-electron chi connectivity index (χ3n) is 4.18. The third-order valence-corrected chi connectivity index (χ3v) is 4.18. The lowest BCUT2D eigenvalue weighted by Gasteiger charge is -2.14. The third kappa shape index (κ3) is 7.21. The lowest BCUT2D eigenvalue weighted by molar-refractivity contribution is 0.0956. The number of benzene rings is 2. The van der Waals surface area contributed by atoms with Crippen molar-refractivity contribution in [2.45, 2.75) is 33.9 Å². The van der Waals surface area contributed by atoms with Gasteiger partial charge in [-0.1, -0.05) is 35.9 Å². The van der Waals surface area contributed by atoms with Gasteiger partial charge in [0.15, 0.2) is 5.96 Å². The molecule has 0 atom stereocenters. The van der Waals surface area contributed by atoms with Gasteiger partial charge in [0, 0.05) is 32.2 Å². The lowest BCUT2D eigenvalue weighted by atomic mass is 10.1. The van der Waals surface area contributed by atoms with Crippen molar-refractivity contribution in [1.82, 2.24) is 16.0 Å². The standard InChI is InChI=1S/C21H28N4O.HI/c1-5-23-20(26)18-10-7-17(8-11-18)13-24-21(22-4)25-14-19-9-6-15(2)12-16(19)3;/h6-12H,5,13-14H2,1-4H3,(H,23,26)(H2,22,24,25);1H. The summed E-state index contributed by atoms with van der Waals surface area (Å²) in [5.74, 6) is 0.704. The summed E-state index contributed by atoms with van der Waals surface area (Å²) in [6.45, 7) is 8.12. The van der Waals surface area contributed by atoms with Crippen LogP contribution < -0.4 is 16.0 Å². The molecule has 0 heterocycles. The second-order valence-electron chi connectivity index (χ2n) is 6.27. The second kappa shape index (κ2) is 11.6. The van der Waals surface area contributed by atoms with Crippen molar-refractivity contribution in [1.29, 1.82) is 0 Å². The summed E-state index contributed by atoms with van der Waals surface area (Å²) in [5, 5.41) is 9.43. The molecule has 5 nitrogen and oxygen atoms in total. The zero-order valence-electron chi connectivity index (χ0n) is 16.4. The van der Waals surface area contributed by atoms with Gasteiger partial charge in [0.2, 0.25) is 0 Å². The SMILES string of the molecule is CCNC(=O)c1ccc(CNC(=NC)NCc2ccc(C)cc2C)cc1.I. The topological polar surface area (TPSA) is 65.5 Å². The smallest absolute Gasteiger partial charge is 0.251 e. The molecule has 2 aromatic rings. The molecule has 0 unspecified atom stereocenters. The van der Waals surface area contributed by atoms with Crippen molar-refractivity contribution >= 4 is 35.8 Å². The van der Waals surface area contributed by atoms with E-state index in [0.29, 0.717) is 18.7 Å². The van der Waals surface area contributed by atoms with Crippen LogP contribution in [-0.2, 0) is 13.1 Å². The highest BCUT2D eigenvalue weighted by Gasteiger charge is 2.05. The number of guanidine groups is 1. The maximum Gasteiger partial charge on any atom is 0.251 e. The molecule has 0 aliphatic carbocycles. The van der Waals surface area contributed by atoms with Crippen molar-refractivity contribution < 1.29 is 4.79 Å². The van der Waals surface area contributed by atoms with Crippen LogP contribution in [0, 0.1) is 13.8 Å². The molecule has 0 aliphatic rings. The van der Waals surface area contributed by atoms with Gasteiger partial charge < -0.3 is 16.0 Å². The van der Waals surface area contributed by atoms with Gasteiger partial charge in [0.05, 0.1) is 0 Å². The van der Waals surface area contributed by atoms with Crippen LogP contribution in [-0.4, -0.2) is 25.5 Å². The molecule has 0 saturated heterocycles. The van der Waals surface area contributed by atoms with E-state index in [9.17, 15) is 4.79 Å². The van der Waals surface area contributed by atoms with E-state index in [1.165, 1.54) is 16.7 Å². The van der Waals surface area contributed by atoms with E-state index < -0.39 is 0 Å². The molecule has 2 rings (SSSR count). The molecular formula is C21H29IN4O. The first-order valence-corrected chi connectivity index (χ1v) is 8.91. The zero-order chi connectivity index (χ0) is 18.9. The Kier molecular flexibility index (Phi) is 9.85. The monoisotopic (exact) mass is 480 g/mol. The van der Waals surface area contributed by atoms with E-state index in [-0.39, 0.29) is 29.9 Å². The highest BCUT2D eigenvalue weighted by molar-refractivity contribution is 14.0. The Hall–Kier alpha value is -2.09. The number of amides is 1. The van der Waals surface area contributed by atoms with Crippen LogP contribution in [0.15, 0.2) is 47.5 Å². The first kappa shape index (κ1) is 23.0. The molecule has 1 amide bonds. The van der Waals surface area contributed by atoms with Crippen molar-refractivity contribution in [2.75, 3.05) is 13.6 Å². The normalized spacial score (nSPS) is 10.7. The first-order chi connectivity index (χ1) is 12.5.